The summed E-state index contributed by atoms with van der Waals surface area (Å²) in [6.45, 7) is 3.93. The van der Waals surface area contributed by atoms with E-state index in [-0.39, 0.29) is 17.2 Å². The quantitative estimate of drug-likeness (QED) is 0.686. The van der Waals surface area contributed by atoms with E-state index in [1.165, 1.54) is 16.3 Å². The Labute approximate surface area is 112 Å². The van der Waals surface area contributed by atoms with Crippen LogP contribution in [0, 0.1) is 13.8 Å². The van der Waals surface area contributed by atoms with Gasteiger partial charge in [-0.1, -0.05) is 11.8 Å². The van der Waals surface area contributed by atoms with E-state index in [0.29, 0.717) is 5.16 Å². The minimum Gasteiger partial charge on any atom is -0.293 e. The third-order valence-electron chi connectivity index (χ3n) is 2.51. The SMILES string of the molecule is Cc1cc(C(=O)CSc2n[nH]c(=O)n2C)c(C)s1. The standard InChI is InChI=1S/C11H13N3O2S2/c1-6-4-8(7(2)18-6)9(15)5-17-11-13-12-10(16)14(11)3/h4H,5H2,1-3H3,(H,12,16). The van der Waals surface area contributed by atoms with Crippen molar-refractivity contribution in [3.8, 4) is 0 Å². The molecule has 5 nitrogen and oxygen atoms in total. The highest BCUT2D eigenvalue weighted by molar-refractivity contribution is 7.99. The molecule has 0 aliphatic rings. The number of aromatic nitrogens is 3. The molecule has 0 aromatic carbocycles. The zero-order valence-corrected chi connectivity index (χ0v) is 11.9. The van der Waals surface area contributed by atoms with Gasteiger partial charge in [0.25, 0.3) is 0 Å². The third kappa shape index (κ3) is 2.56. The average Bonchev–Trinajstić information content (AvgIpc) is 2.81. The van der Waals surface area contributed by atoms with E-state index in [9.17, 15) is 9.59 Å². The number of hydrogen-bond acceptors (Lipinski definition) is 5. The lowest BCUT2D eigenvalue weighted by Gasteiger charge is -1.99. The van der Waals surface area contributed by atoms with Crippen molar-refractivity contribution in [1.29, 1.82) is 0 Å². The molecular formula is C11H13N3O2S2. The number of thiophene rings is 1. The van der Waals surface area contributed by atoms with Crippen molar-refractivity contribution in [2.45, 2.75) is 19.0 Å². The summed E-state index contributed by atoms with van der Waals surface area (Å²) in [6, 6.07) is 1.91. The number of hydrogen-bond donors (Lipinski definition) is 1. The molecule has 0 atom stereocenters. The van der Waals surface area contributed by atoms with Gasteiger partial charge in [-0.05, 0) is 19.9 Å². The van der Waals surface area contributed by atoms with Gasteiger partial charge >= 0.3 is 5.69 Å². The first-order chi connectivity index (χ1) is 8.49. The van der Waals surface area contributed by atoms with E-state index in [1.807, 2.05) is 19.9 Å². The van der Waals surface area contributed by atoms with Gasteiger partial charge < -0.3 is 0 Å². The van der Waals surface area contributed by atoms with Gasteiger partial charge in [-0.2, -0.15) is 0 Å². The van der Waals surface area contributed by atoms with Crippen LogP contribution in [-0.2, 0) is 7.05 Å². The molecule has 2 rings (SSSR count). The Kier molecular flexibility index (Phi) is 3.72. The molecule has 18 heavy (non-hydrogen) atoms. The summed E-state index contributed by atoms with van der Waals surface area (Å²) < 4.78 is 1.39. The molecule has 2 heterocycles. The summed E-state index contributed by atoms with van der Waals surface area (Å²) >= 11 is 2.88. The van der Waals surface area contributed by atoms with Crippen LogP contribution in [0.1, 0.15) is 20.1 Å². The van der Waals surface area contributed by atoms with E-state index < -0.39 is 0 Å². The van der Waals surface area contributed by atoms with Gasteiger partial charge in [-0.15, -0.1) is 16.4 Å². The van der Waals surface area contributed by atoms with Crippen LogP contribution < -0.4 is 5.69 Å². The Morgan fingerprint density at radius 3 is 2.78 bits per heavy atom. The molecule has 0 aliphatic heterocycles. The predicted molar refractivity (Wildman–Crippen MR) is 72.7 cm³/mol. The van der Waals surface area contributed by atoms with Gasteiger partial charge in [0.2, 0.25) is 0 Å². The molecule has 0 fully saturated rings. The van der Waals surface area contributed by atoms with E-state index in [1.54, 1.807) is 18.4 Å². The molecule has 0 bridgehead atoms. The monoisotopic (exact) mass is 283 g/mol. The third-order valence-corrected chi connectivity index (χ3v) is 4.51. The Bertz CT molecular complexity index is 639. The van der Waals surface area contributed by atoms with E-state index in [4.69, 9.17) is 0 Å². The molecule has 2 aromatic rings. The number of aromatic amines is 1. The highest BCUT2D eigenvalue weighted by Gasteiger charge is 2.14. The Morgan fingerprint density at radius 1 is 1.56 bits per heavy atom. The lowest BCUT2D eigenvalue weighted by Crippen LogP contribution is -2.13. The first-order valence-electron chi connectivity index (χ1n) is 5.33. The van der Waals surface area contributed by atoms with Crippen LogP contribution >= 0.6 is 23.1 Å². The van der Waals surface area contributed by atoms with Crippen LogP contribution in [0.2, 0.25) is 0 Å². The van der Waals surface area contributed by atoms with Gasteiger partial charge in [-0.25, -0.2) is 9.89 Å². The maximum absolute atomic E-state index is 12.0. The highest BCUT2D eigenvalue weighted by atomic mass is 32.2. The number of carbonyl (C=O) groups is 1. The van der Waals surface area contributed by atoms with E-state index in [0.717, 1.165) is 15.3 Å². The summed E-state index contributed by atoms with van der Waals surface area (Å²) in [4.78, 5) is 25.4. The number of H-pyrrole nitrogens is 1. The number of aryl methyl sites for hydroxylation is 2. The van der Waals surface area contributed by atoms with Crippen molar-refractivity contribution >= 4 is 28.9 Å². The molecule has 0 saturated heterocycles. The van der Waals surface area contributed by atoms with Crippen LogP contribution in [0.15, 0.2) is 16.0 Å². The first-order valence-corrected chi connectivity index (χ1v) is 7.13. The van der Waals surface area contributed by atoms with Crippen molar-refractivity contribution in [3.63, 3.8) is 0 Å². The highest BCUT2D eigenvalue weighted by Crippen LogP contribution is 2.23. The fraction of sp³-hybridized carbons (Fsp3) is 0.364. The summed E-state index contributed by atoms with van der Waals surface area (Å²) in [5.41, 5.74) is 0.498. The molecule has 0 spiro atoms. The van der Waals surface area contributed by atoms with Gasteiger partial charge in [0.1, 0.15) is 0 Å². The molecular weight excluding hydrogens is 270 g/mol. The van der Waals surface area contributed by atoms with Crippen LogP contribution in [0.3, 0.4) is 0 Å². The summed E-state index contributed by atoms with van der Waals surface area (Å²) in [7, 11) is 1.62. The van der Waals surface area contributed by atoms with Crippen LogP contribution in [0.5, 0.6) is 0 Å². The second-order valence-corrected chi connectivity index (χ2v) is 6.31. The Morgan fingerprint density at radius 2 is 2.28 bits per heavy atom. The van der Waals surface area contributed by atoms with Gasteiger partial charge in [0.15, 0.2) is 10.9 Å². The maximum atomic E-state index is 12.0. The second kappa shape index (κ2) is 5.11. The Balaban J connectivity index is 2.07. The number of thioether (sulfide) groups is 1. The molecule has 96 valence electrons. The fourth-order valence-corrected chi connectivity index (χ4v) is 3.32. The minimum absolute atomic E-state index is 0.0669. The number of Topliss-reactive ketones (excluding diaryl/α,β-unsaturated/α-hetero) is 1. The zero-order valence-electron chi connectivity index (χ0n) is 10.3. The molecule has 0 saturated carbocycles. The van der Waals surface area contributed by atoms with E-state index >= 15 is 0 Å². The molecule has 2 aromatic heterocycles. The number of carbonyl (C=O) groups excluding carboxylic acids is 1. The molecule has 0 aliphatic carbocycles. The van der Waals surface area contributed by atoms with Crippen LogP contribution in [0.4, 0.5) is 0 Å². The summed E-state index contributed by atoms with van der Waals surface area (Å²) in [5, 5.41) is 6.72. The largest absolute Gasteiger partial charge is 0.343 e. The molecule has 1 N–H and O–H groups in total. The van der Waals surface area contributed by atoms with Crippen molar-refractivity contribution in [1.82, 2.24) is 14.8 Å². The van der Waals surface area contributed by atoms with Gasteiger partial charge in [0.05, 0.1) is 5.75 Å². The van der Waals surface area contributed by atoms with E-state index in [2.05, 4.69) is 10.2 Å². The van der Waals surface area contributed by atoms with Crippen molar-refractivity contribution in [3.05, 3.63) is 31.9 Å². The summed E-state index contributed by atoms with van der Waals surface area (Å²) in [5.74, 6) is 0.354. The minimum atomic E-state index is -0.271. The molecule has 0 radical (unpaired) electrons. The first kappa shape index (κ1) is 13.1. The number of nitrogens with one attached hydrogen (secondary N) is 1. The summed E-state index contributed by atoms with van der Waals surface area (Å²) in [6.07, 6.45) is 0. The van der Waals surface area contributed by atoms with Gasteiger partial charge in [0, 0.05) is 22.4 Å². The number of rotatable bonds is 4. The smallest absolute Gasteiger partial charge is 0.293 e. The lowest BCUT2D eigenvalue weighted by molar-refractivity contribution is 0.102. The van der Waals surface area contributed by atoms with Crippen molar-refractivity contribution in [2.24, 2.45) is 7.05 Å². The second-order valence-electron chi connectivity index (χ2n) is 3.91. The van der Waals surface area contributed by atoms with Crippen LogP contribution in [0.25, 0.3) is 0 Å². The molecule has 0 amide bonds. The van der Waals surface area contributed by atoms with Crippen molar-refractivity contribution < 1.29 is 4.79 Å². The van der Waals surface area contributed by atoms with Crippen molar-refractivity contribution in [2.75, 3.05) is 5.75 Å². The fourth-order valence-electron chi connectivity index (χ4n) is 1.58. The van der Waals surface area contributed by atoms with Crippen LogP contribution in [-0.4, -0.2) is 26.3 Å². The number of ketones is 1. The average molecular weight is 283 g/mol. The number of nitrogens with zero attached hydrogens (tertiary/aromatic N) is 2. The predicted octanol–water partition coefficient (Wildman–Crippen LogP) is 1.76. The topological polar surface area (TPSA) is 67.8 Å². The zero-order chi connectivity index (χ0) is 13.3. The normalized spacial score (nSPS) is 10.8. The van der Waals surface area contributed by atoms with Gasteiger partial charge in [-0.3, -0.25) is 9.36 Å². The maximum Gasteiger partial charge on any atom is 0.343 e. The molecule has 0 unspecified atom stereocenters. The molecule has 7 heteroatoms. The Hall–Kier alpha value is -1.34. The lowest BCUT2D eigenvalue weighted by atomic mass is 10.2.